The Morgan fingerprint density at radius 3 is 1.47 bits per heavy atom. The Balaban J connectivity index is 2.12. The van der Waals surface area contributed by atoms with Crippen molar-refractivity contribution in [1.82, 2.24) is 0 Å². The number of ether oxygens (including phenoxy) is 8. The Labute approximate surface area is 350 Å². The smallest absolute Gasteiger partial charge is 0.339 e. The highest BCUT2D eigenvalue weighted by atomic mass is 16.7. The van der Waals surface area contributed by atoms with Crippen LogP contribution in [0.1, 0.15) is 109 Å². The maximum Gasteiger partial charge on any atom is 0.339 e. The van der Waals surface area contributed by atoms with Gasteiger partial charge in [0.25, 0.3) is 0 Å². The van der Waals surface area contributed by atoms with E-state index < -0.39 is 50.7 Å². The zero-order chi connectivity index (χ0) is 44.7. The summed E-state index contributed by atoms with van der Waals surface area (Å²) in [6, 6.07) is 15.2. The molecule has 4 aromatic carbocycles. The summed E-state index contributed by atoms with van der Waals surface area (Å²) in [5.41, 5.74) is -1.54. The molecule has 4 rings (SSSR count). The van der Waals surface area contributed by atoms with E-state index in [1.54, 1.807) is 68.8 Å². The first-order valence-electron chi connectivity index (χ1n) is 19.6. The van der Waals surface area contributed by atoms with Crippen molar-refractivity contribution in [2.24, 2.45) is 21.7 Å². The molecule has 1 N–H and O–H groups in total. The number of aromatic hydroxyl groups is 1. The Kier molecular flexibility index (Phi) is 13.1. The van der Waals surface area contributed by atoms with E-state index in [1.165, 1.54) is 28.4 Å². The van der Waals surface area contributed by atoms with Crippen molar-refractivity contribution in [3.8, 4) is 45.6 Å². The zero-order valence-electron chi connectivity index (χ0n) is 38.2. The summed E-state index contributed by atoms with van der Waals surface area (Å²) in [6.07, 6.45) is 0. The predicted octanol–water partition coefficient (Wildman–Crippen LogP) is 10.9. The van der Waals surface area contributed by atoms with Crippen LogP contribution in [0.15, 0.2) is 54.6 Å². The minimum atomic E-state index is -1.12. The molecule has 0 fully saturated rings. The van der Waals surface area contributed by atoms with Crippen LogP contribution in [-0.4, -0.2) is 71.1 Å². The molecule has 0 spiro atoms. The summed E-state index contributed by atoms with van der Waals surface area (Å²) in [5.74, 6) is -2.75. The van der Waals surface area contributed by atoms with Crippen molar-refractivity contribution in [3.05, 3.63) is 71.3 Å². The van der Waals surface area contributed by atoms with Gasteiger partial charge in [-0.15, -0.1) is 0 Å². The molecule has 59 heavy (non-hydrogen) atoms. The molecular formula is C48H64O11. The van der Waals surface area contributed by atoms with Gasteiger partial charge in [-0.25, -0.2) is 4.79 Å². The highest BCUT2D eigenvalue weighted by molar-refractivity contribution is 6.25. The molecule has 0 atom stereocenters. The summed E-state index contributed by atoms with van der Waals surface area (Å²) in [7, 11) is 8.79. The third kappa shape index (κ3) is 8.03. The van der Waals surface area contributed by atoms with E-state index in [1.807, 2.05) is 41.5 Å². The lowest BCUT2D eigenvalue weighted by molar-refractivity contribution is -0.283. The average Bonchev–Trinajstić information content (AvgIpc) is 3.15. The topological polar surface area (TPSA) is 128 Å². The quantitative estimate of drug-likeness (QED) is 0.0786. The van der Waals surface area contributed by atoms with Gasteiger partial charge in [0.2, 0.25) is 17.3 Å². The van der Waals surface area contributed by atoms with Gasteiger partial charge in [-0.3, -0.25) is 4.79 Å². The van der Waals surface area contributed by atoms with Gasteiger partial charge in [-0.1, -0.05) is 107 Å². The molecule has 4 aromatic rings. The van der Waals surface area contributed by atoms with Gasteiger partial charge in [0.15, 0.2) is 17.3 Å². The molecule has 11 heteroatoms. The fraction of sp³-hybridized carbons (Fsp3) is 0.500. The van der Waals surface area contributed by atoms with E-state index in [4.69, 9.17) is 37.9 Å². The highest BCUT2D eigenvalue weighted by Gasteiger charge is 2.55. The third-order valence-corrected chi connectivity index (χ3v) is 11.0. The van der Waals surface area contributed by atoms with Crippen molar-refractivity contribution in [3.63, 3.8) is 0 Å². The third-order valence-electron chi connectivity index (χ3n) is 11.0. The predicted molar refractivity (Wildman–Crippen MR) is 230 cm³/mol. The minimum absolute atomic E-state index is 0.137. The van der Waals surface area contributed by atoms with Gasteiger partial charge < -0.3 is 43.0 Å². The first-order chi connectivity index (χ1) is 27.3. The number of phenolic OH excluding ortho intramolecular Hbond substituents is 1. The van der Waals surface area contributed by atoms with Crippen LogP contribution >= 0.6 is 0 Å². The molecule has 0 aliphatic heterocycles. The van der Waals surface area contributed by atoms with E-state index in [2.05, 4.69) is 41.5 Å². The zero-order valence-corrected chi connectivity index (χ0v) is 38.2. The molecule has 322 valence electrons. The molecule has 0 unspecified atom stereocenters. The molecule has 0 amide bonds. The van der Waals surface area contributed by atoms with Gasteiger partial charge in [-0.2, -0.15) is 0 Å². The molecular weight excluding hydrogens is 753 g/mol. The number of rotatable bonds is 13. The van der Waals surface area contributed by atoms with E-state index in [0.717, 1.165) is 0 Å². The standard InChI is InChI=1S/C48H64O11/c1-43(2,3)47(56-17,44(4,5)6)58-30-24-22-28(23-25-30)34-35-32(27-33(52-13)40(53-14)41(35)54-15)39(50)37(36(34)42(51)55-16)38(49)29-20-19-21-31(26-29)59-48(57-18,45(7,8)9)46(10,11)12/h19-27,50H,1-18H3. The Morgan fingerprint density at radius 1 is 0.559 bits per heavy atom. The lowest BCUT2D eigenvalue weighted by Gasteiger charge is -2.51. The van der Waals surface area contributed by atoms with Crippen LogP contribution in [0.25, 0.3) is 21.9 Å². The number of esters is 1. The number of ketones is 1. The van der Waals surface area contributed by atoms with E-state index in [0.29, 0.717) is 17.1 Å². The first-order valence-corrected chi connectivity index (χ1v) is 19.6. The molecule has 0 aliphatic carbocycles. The molecule has 0 saturated heterocycles. The largest absolute Gasteiger partial charge is 0.506 e. The fourth-order valence-electron chi connectivity index (χ4n) is 8.95. The van der Waals surface area contributed by atoms with Gasteiger partial charge in [0.1, 0.15) is 17.2 Å². The molecule has 0 heterocycles. The molecule has 0 aromatic heterocycles. The second-order valence-corrected chi connectivity index (χ2v) is 18.8. The molecule has 0 aliphatic rings. The van der Waals surface area contributed by atoms with Crippen molar-refractivity contribution in [2.45, 2.75) is 94.7 Å². The van der Waals surface area contributed by atoms with Crippen LogP contribution in [0.2, 0.25) is 0 Å². The minimum Gasteiger partial charge on any atom is -0.506 e. The van der Waals surface area contributed by atoms with Crippen LogP contribution in [0, 0.1) is 21.7 Å². The van der Waals surface area contributed by atoms with Crippen LogP contribution < -0.4 is 23.7 Å². The second-order valence-electron chi connectivity index (χ2n) is 18.8. The van der Waals surface area contributed by atoms with Crippen LogP contribution in [0.4, 0.5) is 0 Å². The Hall–Kier alpha value is -5.00. The van der Waals surface area contributed by atoms with Crippen molar-refractivity contribution in [1.29, 1.82) is 0 Å². The first kappa shape index (κ1) is 46.7. The number of carbonyl (C=O) groups is 2. The van der Waals surface area contributed by atoms with Gasteiger partial charge in [0, 0.05) is 57.8 Å². The van der Waals surface area contributed by atoms with E-state index in [-0.39, 0.29) is 50.3 Å². The summed E-state index contributed by atoms with van der Waals surface area (Å²) < 4.78 is 48.4. The number of hydrogen-bond acceptors (Lipinski definition) is 11. The van der Waals surface area contributed by atoms with Crippen molar-refractivity contribution < 1.29 is 52.6 Å². The monoisotopic (exact) mass is 816 g/mol. The average molecular weight is 817 g/mol. The van der Waals surface area contributed by atoms with E-state index in [9.17, 15) is 9.90 Å². The number of fused-ring (bicyclic) bond motifs is 1. The van der Waals surface area contributed by atoms with Crippen LogP contribution in [0.3, 0.4) is 0 Å². The highest BCUT2D eigenvalue weighted by Crippen LogP contribution is 2.54. The number of benzene rings is 4. The summed E-state index contributed by atoms with van der Waals surface area (Å²) in [5, 5.41) is 12.7. The van der Waals surface area contributed by atoms with Crippen LogP contribution in [0.5, 0.6) is 34.5 Å². The van der Waals surface area contributed by atoms with Crippen LogP contribution in [-0.2, 0) is 14.2 Å². The maximum atomic E-state index is 15.0. The SMILES string of the molecule is COC(=O)c1c(C(=O)c2cccc(OC(OC)(C(C)(C)C)C(C)(C)C)c2)c(O)c2cc(OC)c(OC)c(OC)c2c1-c1ccc(OC(OC)(C(C)(C)C)C(C)(C)C)cc1. The summed E-state index contributed by atoms with van der Waals surface area (Å²) in [6.45, 7) is 24.5. The summed E-state index contributed by atoms with van der Waals surface area (Å²) >= 11 is 0. The molecule has 0 saturated carbocycles. The van der Waals surface area contributed by atoms with Crippen molar-refractivity contribution >= 4 is 22.5 Å². The Morgan fingerprint density at radius 2 is 1.05 bits per heavy atom. The molecule has 11 nitrogen and oxygen atoms in total. The molecule has 0 radical (unpaired) electrons. The summed E-state index contributed by atoms with van der Waals surface area (Å²) in [4.78, 5) is 29.2. The van der Waals surface area contributed by atoms with Gasteiger partial charge in [0.05, 0.1) is 39.6 Å². The van der Waals surface area contributed by atoms with E-state index >= 15 is 4.79 Å². The normalized spacial score (nSPS) is 12.9. The lowest BCUT2D eigenvalue weighted by atomic mass is 9.70. The Bertz CT molecular complexity index is 2150. The van der Waals surface area contributed by atoms with Gasteiger partial charge in [-0.05, 0) is 35.9 Å². The lowest BCUT2D eigenvalue weighted by Crippen LogP contribution is -2.59. The number of methoxy groups -OCH3 is 6. The van der Waals surface area contributed by atoms with Crippen molar-refractivity contribution in [2.75, 3.05) is 42.7 Å². The number of hydrogen-bond donors (Lipinski definition) is 1. The number of phenols is 1. The molecule has 0 bridgehead atoms. The van der Waals surface area contributed by atoms with Gasteiger partial charge >= 0.3 is 5.97 Å². The fourth-order valence-corrected chi connectivity index (χ4v) is 8.95. The number of carbonyl (C=O) groups excluding carboxylic acids is 2. The maximum absolute atomic E-state index is 15.0. The second kappa shape index (κ2) is 16.6.